The zero-order valence-electron chi connectivity index (χ0n) is 23.0. The molecule has 0 spiro atoms. The van der Waals surface area contributed by atoms with Crippen LogP contribution in [0.2, 0.25) is 0 Å². The van der Waals surface area contributed by atoms with E-state index in [2.05, 4.69) is 21.8 Å². The van der Waals surface area contributed by atoms with Gasteiger partial charge in [0.2, 0.25) is 10.0 Å². The van der Waals surface area contributed by atoms with E-state index in [0.29, 0.717) is 30.3 Å². The molecule has 0 amide bonds. The number of hydrogen-bond donors (Lipinski definition) is 1. The van der Waals surface area contributed by atoms with Crippen molar-refractivity contribution in [2.75, 3.05) is 15.9 Å². The van der Waals surface area contributed by atoms with E-state index < -0.39 is 10.0 Å². The van der Waals surface area contributed by atoms with Crippen LogP contribution in [0.4, 0.5) is 11.4 Å². The predicted octanol–water partition coefficient (Wildman–Crippen LogP) is 8.16. The third-order valence-corrected chi connectivity index (χ3v) is 7.07. The SMILES string of the molecule is Cc1c(NS(C)(=O)=O)cccc1N(Cc1ccccc1)Cc1ccc(Oc2cccc(Oc3ccccc3)c2)cc1. The minimum absolute atomic E-state index is 0.574. The Hall–Kier alpha value is -4.75. The first kappa shape index (κ1) is 27.8. The third-order valence-electron chi connectivity index (χ3n) is 6.47. The zero-order chi connectivity index (χ0) is 28.7. The molecule has 0 heterocycles. The highest BCUT2D eigenvalue weighted by Gasteiger charge is 2.15. The van der Waals surface area contributed by atoms with Crippen LogP contribution in [-0.4, -0.2) is 14.7 Å². The van der Waals surface area contributed by atoms with Gasteiger partial charge in [-0.3, -0.25) is 4.72 Å². The Bertz CT molecular complexity index is 1690. The molecule has 0 bridgehead atoms. The van der Waals surface area contributed by atoms with Crippen molar-refractivity contribution in [2.24, 2.45) is 0 Å². The maximum absolute atomic E-state index is 11.9. The molecule has 0 aliphatic heterocycles. The van der Waals surface area contributed by atoms with E-state index in [1.165, 1.54) is 0 Å². The molecule has 0 radical (unpaired) electrons. The summed E-state index contributed by atoms with van der Waals surface area (Å²) >= 11 is 0. The average Bonchev–Trinajstić information content (AvgIpc) is 2.96. The molecular formula is C34H32N2O4S. The lowest BCUT2D eigenvalue weighted by atomic mass is 10.1. The minimum Gasteiger partial charge on any atom is -0.457 e. The lowest BCUT2D eigenvalue weighted by molar-refractivity contribution is 0.460. The Kier molecular flexibility index (Phi) is 8.56. The van der Waals surface area contributed by atoms with Crippen LogP contribution in [0.15, 0.2) is 127 Å². The summed E-state index contributed by atoms with van der Waals surface area (Å²) in [4.78, 5) is 2.25. The summed E-state index contributed by atoms with van der Waals surface area (Å²) in [7, 11) is -3.40. The summed E-state index contributed by atoms with van der Waals surface area (Å²) in [5, 5.41) is 0. The van der Waals surface area contributed by atoms with Gasteiger partial charge in [-0.25, -0.2) is 8.42 Å². The number of ether oxygens (including phenoxy) is 2. The first-order valence-electron chi connectivity index (χ1n) is 13.3. The molecule has 41 heavy (non-hydrogen) atoms. The van der Waals surface area contributed by atoms with Gasteiger partial charge in [0.25, 0.3) is 0 Å². The molecule has 0 atom stereocenters. The molecule has 5 rings (SSSR count). The van der Waals surface area contributed by atoms with Crippen LogP contribution >= 0.6 is 0 Å². The molecule has 7 heteroatoms. The number of nitrogens with zero attached hydrogens (tertiary/aromatic N) is 1. The summed E-state index contributed by atoms with van der Waals surface area (Å²) in [6, 6.07) is 41.1. The normalized spacial score (nSPS) is 11.1. The second kappa shape index (κ2) is 12.6. The fourth-order valence-corrected chi connectivity index (χ4v) is 5.17. The highest BCUT2D eigenvalue weighted by molar-refractivity contribution is 7.92. The lowest BCUT2D eigenvalue weighted by Gasteiger charge is -2.28. The molecule has 0 fully saturated rings. The Morgan fingerprint density at radius 3 is 1.73 bits per heavy atom. The summed E-state index contributed by atoms with van der Waals surface area (Å²) < 4.78 is 38.6. The number of anilines is 2. The van der Waals surface area contributed by atoms with Crippen molar-refractivity contribution >= 4 is 21.4 Å². The molecule has 0 aliphatic carbocycles. The lowest BCUT2D eigenvalue weighted by Crippen LogP contribution is -2.23. The molecule has 0 saturated carbocycles. The number of hydrogen-bond acceptors (Lipinski definition) is 5. The molecule has 5 aromatic carbocycles. The Balaban J connectivity index is 1.34. The molecule has 0 aromatic heterocycles. The van der Waals surface area contributed by atoms with Crippen molar-refractivity contribution in [3.05, 3.63) is 144 Å². The Morgan fingerprint density at radius 2 is 1.12 bits per heavy atom. The molecular weight excluding hydrogens is 532 g/mol. The van der Waals surface area contributed by atoms with Crippen LogP contribution in [0, 0.1) is 6.92 Å². The molecule has 0 saturated heterocycles. The van der Waals surface area contributed by atoms with Gasteiger partial charge in [-0.1, -0.05) is 72.8 Å². The number of para-hydroxylation sites is 1. The van der Waals surface area contributed by atoms with Crippen LogP contribution < -0.4 is 19.1 Å². The number of benzene rings is 5. The van der Waals surface area contributed by atoms with Crippen molar-refractivity contribution in [2.45, 2.75) is 20.0 Å². The number of nitrogens with one attached hydrogen (secondary N) is 1. The Labute approximate surface area is 241 Å². The number of rotatable bonds is 11. The Morgan fingerprint density at radius 1 is 0.610 bits per heavy atom. The molecule has 0 aliphatic rings. The fraction of sp³-hybridized carbons (Fsp3) is 0.118. The van der Waals surface area contributed by atoms with Crippen LogP contribution in [0.25, 0.3) is 0 Å². The maximum atomic E-state index is 11.9. The molecule has 6 nitrogen and oxygen atoms in total. The van der Waals surface area contributed by atoms with Crippen LogP contribution in [0.3, 0.4) is 0 Å². The van der Waals surface area contributed by atoms with Gasteiger partial charge in [0, 0.05) is 24.8 Å². The van der Waals surface area contributed by atoms with E-state index in [4.69, 9.17) is 9.47 Å². The topological polar surface area (TPSA) is 67.9 Å². The average molecular weight is 565 g/mol. The van der Waals surface area contributed by atoms with E-state index in [9.17, 15) is 8.42 Å². The van der Waals surface area contributed by atoms with Gasteiger partial charge in [0.1, 0.15) is 23.0 Å². The van der Waals surface area contributed by atoms with Crippen LogP contribution in [0.1, 0.15) is 16.7 Å². The number of sulfonamides is 1. The smallest absolute Gasteiger partial charge is 0.229 e. The van der Waals surface area contributed by atoms with Crippen molar-refractivity contribution in [3.8, 4) is 23.0 Å². The highest BCUT2D eigenvalue weighted by Crippen LogP contribution is 2.31. The van der Waals surface area contributed by atoms with E-state index in [-0.39, 0.29) is 0 Å². The van der Waals surface area contributed by atoms with Gasteiger partial charge >= 0.3 is 0 Å². The highest BCUT2D eigenvalue weighted by atomic mass is 32.2. The van der Waals surface area contributed by atoms with Crippen molar-refractivity contribution in [1.82, 2.24) is 0 Å². The monoisotopic (exact) mass is 564 g/mol. The molecule has 208 valence electrons. The third kappa shape index (κ3) is 7.90. The van der Waals surface area contributed by atoms with Crippen LogP contribution in [-0.2, 0) is 23.1 Å². The van der Waals surface area contributed by atoms with Gasteiger partial charge in [-0.2, -0.15) is 0 Å². The largest absolute Gasteiger partial charge is 0.457 e. The first-order chi connectivity index (χ1) is 19.8. The molecule has 0 unspecified atom stereocenters. The van der Waals surface area contributed by atoms with Gasteiger partial charge in [-0.15, -0.1) is 0 Å². The van der Waals surface area contributed by atoms with Crippen molar-refractivity contribution < 1.29 is 17.9 Å². The molecule has 1 N–H and O–H groups in total. The predicted molar refractivity (Wildman–Crippen MR) is 165 cm³/mol. The van der Waals surface area contributed by atoms with Gasteiger partial charge in [0.15, 0.2) is 0 Å². The minimum atomic E-state index is -3.40. The quantitative estimate of drug-likeness (QED) is 0.175. The zero-order valence-corrected chi connectivity index (χ0v) is 23.8. The second-order valence-corrected chi connectivity index (χ2v) is 11.6. The molecule has 5 aromatic rings. The summed E-state index contributed by atoms with van der Waals surface area (Å²) in [5.41, 5.74) is 4.65. The summed E-state index contributed by atoms with van der Waals surface area (Å²) in [6.45, 7) is 3.22. The van der Waals surface area contributed by atoms with Crippen LogP contribution in [0.5, 0.6) is 23.0 Å². The van der Waals surface area contributed by atoms with Gasteiger partial charge in [-0.05, 0) is 72.1 Å². The van der Waals surface area contributed by atoms with E-state index >= 15 is 0 Å². The van der Waals surface area contributed by atoms with Crippen molar-refractivity contribution in [1.29, 1.82) is 0 Å². The van der Waals surface area contributed by atoms with Gasteiger partial charge < -0.3 is 14.4 Å². The van der Waals surface area contributed by atoms with Gasteiger partial charge in [0.05, 0.1) is 11.9 Å². The fourth-order valence-electron chi connectivity index (χ4n) is 4.55. The summed E-state index contributed by atoms with van der Waals surface area (Å²) in [5.74, 6) is 2.87. The van der Waals surface area contributed by atoms with Crippen molar-refractivity contribution in [3.63, 3.8) is 0 Å². The summed E-state index contributed by atoms with van der Waals surface area (Å²) in [6.07, 6.45) is 1.16. The van der Waals surface area contributed by atoms with E-state index in [0.717, 1.165) is 40.1 Å². The van der Waals surface area contributed by atoms with E-state index in [1.807, 2.05) is 116 Å². The van der Waals surface area contributed by atoms with E-state index in [1.54, 1.807) is 6.07 Å². The standard InChI is InChI=1S/C34H32N2O4S/c1-26-33(35-41(2,37)38)17-10-18-34(26)36(24-27-11-5-3-6-12-27)25-28-19-21-30(22-20-28)40-32-16-9-15-31(23-32)39-29-13-7-4-8-14-29/h3-23,35H,24-25H2,1-2H3. The first-order valence-corrected chi connectivity index (χ1v) is 15.2. The second-order valence-electron chi connectivity index (χ2n) is 9.80. The maximum Gasteiger partial charge on any atom is 0.229 e.